The molecular formula is C20H23FO5P+. The van der Waals surface area contributed by atoms with Crippen LogP contribution in [-0.2, 0) is 15.8 Å². The number of aliphatic carboxylic acids is 1. The Morgan fingerprint density at radius 1 is 1.04 bits per heavy atom. The zero-order valence-corrected chi connectivity index (χ0v) is 16.4. The summed E-state index contributed by atoms with van der Waals surface area (Å²) in [4.78, 5) is 43.2. The Morgan fingerprint density at radius 2 is 1.70 bits per heavy atom. The standard InChI is InChI=1S/C20H22FO5P/c1-12-6-13(2)18(11-27(25,26)10-16(22)9-20(23)24)17(7-12)15-4-5-19(21)14(3)8-15/h4-8,25-26H,9-11H2,1-3H3/p+1. The summed E-state index contributed by atoms with van der Waals surface area (Å²) in [6.07, 6.45) is -1.45. The molecule has 5 nitrogen and oxygen atoms in total. The highest BCUT2D eigenvalue weighted by atomic mass is 31.2. The van der Waals surface area contributed by atoms with Crippen molar-refractivity contribution in [1.29, 1.82) is 0 Å². The van der Waals surface area contributed by atoms with Gasteiger partial charge in [-0.15, -0.1) is 0 Å². The van der Waals surface area contributed by atoms with E-state index in [0.29, 0.717) is 11.1 Å². The third kappa shape index (κ3) is 5.67. The van der Waals surface area contributed by atoms with Crippen LogP contribution < -0.4 is 0 Å². The highest BCUT2D eigenvalue weighted by Gasteiger charge is 2.38. The number of hydrogen-bond acceptors (Lipinski definition) is 4. The lowest BCUT2D eigenvalue weighted by molar-refractivity contribution is -0.139. The first-order valence-electron chi connectivity index (χ1n) is 8.41. The summed E-state index contributed by atoms with van der Waals surface area (Å²) in [5.74, 6) is -2.34. The van der Waals surface area contributed by atoms with Gasteiger partial charge in [-0.05, 0) is 55.2 Å². The second-order valence-corrected chi connectivity index (χ2v) is 9.27. The molecule has 0 spiro atoms. The molecule has 0 aromatic heterocycles. The lowest BCUT2D eigenvalue weighted by atomic mass is 9.94. The van der Waals surface area contributed by atoms with E-state index in [9.17, 15) is 23.8 Å². The second-order valence-electron chi connectivity index (χ2n) is 6.88. The van der Waals surface area contributed by atoms with Crippen molar-refractivity contribution in [2.24, 2.45) is 0 Å². The zero-order chi connectivity index (χ0) is 20.4. The van der Waals surface area contributed by atoms with Crippen molar-refractivity contribution in [3.63, 3.8) is 0 Å². The lowest BCUT2D eigenvalue weighted by Gasteiger charge is -2.18. The number of carbonyl (C=O) groups excluding carboxylic acids is 1. The SMILES string of the molecule is Cc1cc(C)c(C[P+](O)(O)CC(=O)CC(=O)O)c(-c2ccc(F)c(C)c2)c1. The first-order valence-corrected chi connectivity index (χ1v) is 10.5. The number of carboxylic acids is 1. The van der Waals surface area contributed by atoms with Crippen molar-refractivity contribution in [2.45, 2.75) is 33.4 Å². The fraction of sp³-hybridized carbons (Fsp3) is 0.300. The molecule has 2 aromatic carbocycles. The fourth-order valence-corrected chi connectivity index (χ4v) is 4.81. The lowest BCUT2D eigenvalue weighted by Crippen LogP contribution is -2.15. The van der Waals surface area contributed by atoms with Crippen LogP contribution in [0.15, 0.2) is 30.3 Å². The molecule has 2 rings (SSSR count). The molecule has 3 N–H and O–H groups in total. The number of hydrogen-bond donors (Lipinski definition) is 3. The number of rotatable bonds is 7. The van der Waals surface area contributed by atoms with Gasteiger partial charge in [-0.2, -0.15) is 0 Å². The van der Waals surface area contributed by atoms with Gasteiger partial charge >= 0.3 is 5.97 Å². The molecule has 7 heteroatoms. The van der Waals surface area contributed by atoms with E-state index < -0.39 is 32.1 Å². The van der Waals surface area contributed by atoms with Crippen LogP contribution in [0.5, 0.6) is 0 Å². The van der Waals surface area contributed by atoms with E-state index in [1.54, 1.807) is 19.1 Å². The summed E-state index contributed by atoms with van der Waals surface area (Å²) in [7, 11) is -3.67. The van der Waals surface area contributed by atoms with Crippen LogP contribution in [0.4, 0.5) is 4.39 Å². The van der Waals surface area contributed by atoms with Gasteiger partial charge in [0.15, 0.2) is 11.9 Å². The Hall–Kier alpha value is -2.14. The molecular weight excluding hydrogens is 370 g/mol. The molecule has 0 bridgehead atoms. The summed E-state index contributed by atoms with van der Waals surface area (Å²) in [5.41, 5.74) is 4.41. The maximum Gasteiger partial charge on any atom is 0.311 e. The van der Waals surface area contributed by atoms with Gasteiger partial charge in [0, 0.05) is 5.56 Å². The average Bonchev–Trinajstić information content (AvgIpc) is 2.51. The van der Waals surface area contributed by atoms with Gasteiger partial charge < -0.3 is 5.11 Å². The minimum atomic E-state index is -3.67. The number of halogens is 1. The molecule has 0 amide bonds. The Bertz CT molecular complexity index is 892. The summed E-state index contributed by atoms with van der Waals surface area (Å²) in [6, 6.07) is 8.47. The minimum Gasteiger partial charge on any atom is -0.481 e. The molecule has 0 aliphatic heterocycles. The zero-order valence-electron chi connectivity index (χ0n) is 15.5. The van der Waals surface area contributed by atoms with Crippen LogP contribution in [0.1, 0.15) is 28.7 Å². The summed E-state index contributed by atoms with van der Waals surface area (Å²) in [5, 5.41) is 8.68. The average molecular weight is 393 g/mol. The smallest absolute Gasteiger partial charge is 0.311 e. The van der Waals surface area contributed by atoms with Crippen LogP contribution >= 0.6 is 7.72 Å². The molecule has 2 aromatic rings. The van der Waals surface area contributed by atoms with Gasteiger partial charge in [-0.25, -0.2) is 14.2 Å². The maximum atomic E-state index is 13.6. The molecule has 0 fully saturated rings. The number of benzene rings is 2. The topological polar surface area (TPSA) is 94.8 Å². The van der Waals surface area contributed by atoms with E-state index in [1.165, 1.54) is 6.07 Å². The van der Waals surface area contributed by atoms with Crippen molar-refractivity contribution < 1.29 is 28.9 Å². The Labute approximate surface area is 158 Å². The highest BCUT2D eigenvalue weighted by molar-refractivity contribution is 7.64. The Morgan fingerprint density at radius 3 is 2.30 bits per heavy atom. The third-order valence-corrected chi connectivity index (χ3v) is 5.96. The molecule has 144 valence electrons. The predicted octanol–water partition coefficient (Wildman–Crippen LogP) is 3.79. The van der Waals surface area contributed by atoms with E-state index in [2.05, 4.69) is 0 Å². The van der Waals surface area contributed by atoms with Crippen LogP contribution in [0.3, 0.4) is 0 Å². The van der Waals surface area contributed by atoms with Crippen molar-refractivity contribution >= 4 is 19.5 Å². The molecule has 0 saturated heterocycles. The maximum absolute atomic E-state index is 13.6. The quantitative estimate of drug-likeness (QED) is 0.491. The fourth-order valence-electron chi connectivity index (χ4n) is 3.09. The van der Waals surface area contributed by atoms with Crippen LogP contribution in [0.2, 0.25) is 0 Å². The third-order valence-electron chi connectivity index (χ3n) is 4.28. The van der Waals surface area contributed by atoms with Gasteiger partial charge in [-0.1, -0.05) is 23.8 Å². The largest absolute Gasteiger partial charge is 0.481 e. The summed E-state index contributed by atoms with van der Waals surface area (Å²) < 4.78 is 13.6. The first kappa shape index (κ1) is 21.2. The van der Waals surface area contributed by atoms with Crippen molar-refractivity contribution in [3.8, 4) is 11.1 Å². The number of carboxylic acid groups (broad SMARTS) is 1. The second kappa shape index (κ2) is 8.26. The molecule has 0 heterocycles. The Balaban J connectivity index is 2.42. The van der Waals surface area contributed by atoms with E-state index in [0.717, 1.165) is 22.3 Å². The number of ketones is 1. The normalized spacial score (nSPS) is 11.5. The van der Waals surface area contributed by atoms with E-state index in [4.69, 9.17) is 5.11 Å². The molecule has 0 radical (unpaired) electrons. The molecule has 0 saturated carbocycles. The van der Waals surface area contributed by atoms with Crippen molar-refractivity contribution in [3.05, 3.63) is 58.4 Å². The van der Waals surface area contributed by atoms with Crippen LogP contribution in [0.25, 0.3) is 11.1 Å². The molecule has 0 unspecified atom stereocenters. The summed E-state index contributed by atoms with van der Waals surface area (Å²) >= 11 is 0. The van der Waals surface area contributed by atoms with E-state index >= 15 is 0 Å². The molecule has 27 heavy (non-hydrogen) atoms. The van der Waals surface area contributed by atoms with Gasteiger partial charge in [0.1, 0.15) is 18.4 Å². The van der Waals surface area contributed by atoms with E-state index in [-0.39, 0.29) is 12.0 Å². The predicted molar refractivity (Wildman–Crippen MR) is 103 cm³/mol. The monoisotopic (exact) mass is 393 g/mol. The Kier molecular flexibility index (Phi) is 6.47. The van der Waals surface area contributed by atoms with Gasteiger partial charge in [0.2, 0.25) is 0 Å². The van der Waals surface area contributed by atoms with Crippen LogP contribution in [0, 0.1) is 26.6 Å². The molecule has 0 aliphatic rings. The number of aryl methyl sites for hydroxylation is 3. The molecule has 0 aliphatic carbocycles. The van der Waals surface area contributed by atoms with Gasteiger partial charge in [-0.3, -0.25) is 9.59 Å². The summed E-state index contributed by atoms with van der Waals surface area (Å²) in [6.45, 7) is 5.40. The highest BCUT2D eigenvalue weighted by Crippen LogP contribution is 2.54. The number of carbonyl (C=O) groups is 2. The minimum absolute atomic E-state index is 0.143. The molecule has 0 atom stereocenters. The van der Waals surface area contributed by atoms with E-state index in [1.807, 2.05) is 26.0 Å². The van der Waals surface area contributed by atoms with Crippen LogP contribution in [-0.4, -0.2) is 32.8 Å². The van der Waals surface area contributed by atoms with Crippen molar-refractivity contribution in [2.75, 3.05) is 6.16 Å². The number of Topliss-reactive ketones (excluding diaryl/α,β-unsaturated/α-hetero) is 1. The first-order chi connectivity index (χ1) is 12.5. The van der Waals surface area contributed by atoms with Crippen molar-refractivity contribution in [1.82, 2.24) is 0 Å². The van der Waals surface area contributed by atoms with Gasteiger partial charge in [0.25, 0.3) is 7.72 Å². The van der Waals surface area contributed by atoms with Gasteiger partial charge in [0.05, 0.1) is 0 Å².